The predicted octanol–water partition coefficient (Wildman–Crippen LogP) is 4.49. The van der Waals surface area contributed by atoms with Crippen LogP contribution in [0, 0.1) is 22.9 Å². The highest BCUT2D eigenvalue weighted by Crippen LogP contribution is 2.19. The van der Waals surface area contributed by atoms with Crippen LogP contribution in [0.15, 0.2) is 60.7 Å². The van der Waals surface area contributed by atoms with Crippen LogP contribution in [0.5, 0.6) is 11.5 Å². The zero-order chi connectivity index (χ0) is 16.4. The molecule has 3 heteroatoms. The maximum atomic E-state index is 6.18. The second-order valence-electron chi connectivity index (χ2n) is 4.76. The second-order valence-corrected chi connectivity index (χ2v) is 6.90. The normalized spacial score (nSPS) is 9.83. The minimum atomic E-state index is -3.04. The van der Waals surface area contributed by atoms with E-state index in [0.29, 0.717) is 0 Å². The van der Waals surface area contributed by atoms with Gasteiger partial charge in [-0.25, -0.2) is 0 Å². The zero-order valence-corrected chi connectivity index (χ0v) is 14.5. The van der Waals surface area contributed by atoms with E-state index in [0.717, 1.165) is 24.3 Å². The van der Waals surface area contributed by atoms with Crippen molar-refractivity contribution in [3.05, 3.63) is 60.7 Å². The molecule has 2 rings (SSSR count). The summed E-state index contributed by atoms with van der Waals surface area (Å²) in [4.78, 5) is 0. The third kappa shape index (κ3) is 5.25. The summed E-state index contributed by atoms with van der Waals surface area (Å²) in [5.41, 5.74) is 6.37. The second kappa shape index (κ2) is 8.73. The van der Waals surface area contributed by atoms with E-state index in [9.17, 15) is 0 Å². The first-order valence-corrected chi connectivity index (χ1v) is 9.58. The molecule has 0 saturated heterocycles. The Morgan fingerprint density at radius 2 is 1.09 bits per heavy atom. The molecule has 2 aromatic rings. The first kappa shape index (κ1) is 16.7. The Bertz CT molecular complexity index is 653. The molecular weight excluding hydrogens is 300 g/mol. The fraction of sp³-hybridized carbons (Fsp3) is 0.200. The van der Waals surface area contributed by atoms with Crippen molar-refractivity contribution in [1.29, 1.82) is 0 Å². The number of benzene rings is 2. The molecule has 0 radical (unpaired) electrons. The Labute approximate surface area is 139 Å². The number of hydrogen-bond acceptors (Lipinski definition) is 2. The van der Waals surface area contributed by atoms with Gasteiger partial charge in [0, 0.05) is 12.8 Å². The maximum absolute atomic E-state index is 6.18. The topological polar surface area (TPSA) is 18.5 Å². The van der Waals surface area contributed by atoms with Gasteiger partial charge in [0.2, 0.25) is 0 Å². The molecule has 0 saturated carbocycles. The number of hydrogen-bond donors (Lipinski definition) is 0. The van der Waals surface area contributed by atoms with E-state index in [2.05, 4.69) is 22.9 Å². The van der Waals surface area contributed by atoms with E-state index in [1.54, 1.807) is 0 Å². The first-order chi connectivity index (χ1) is 11.3. The number of para-hydroxylation sites is 2. The van der Waals surface area contributed by atoms with E-state index in [-0.39, 0.29) is 0 Å². The molecule has 23 heavy (non-hydrogen) atoms. The van der Waals surface area contributed by atoms with Crippen molar-refractivity contribution < 1.29 is 8.85 Å². The molecule has 2 nitrogen and oxygen atoms in total. The van der Waals surface area contributed by atoms with Crippen molar-refractivity contribution in [2.24, 2.45) is 0 Å². The Kier molecular flexibility index (Phi) is 6.36. The van der Waals surface area contributed by atoms with Crippen LogP contribution in [-0.2, 0) is 0 Å². The van der Waals surface area contributed by atoms with Gasteiger partial charge in [-0.05, 0) is 35.4 Å². The molecule has 116 valence electrons. The monoisotopic (exact) mass is 320 g/mol. The van der Waals surface area contributed by atoms with Crippen molar-refractivity contribution in [2.75, 3.05) is 0 Å². The summed E-state index contributed by atoms with van der Waals surface area (Å²) in [5.74, 6) is 7.65. The fourth-order valence-corrected chi connectivity index (χ4v) is 3.94. The summed E-state index contributed by atoms with van der Waals surface area (Å²) in [7, 11) is -3.04. The smallest absolute Gasteiger partial charge is 0.495 e. The quantitative estimate of drug-likeness (QED) is 0.610. The van der Waals surface area contributed by atoms with Gasteiger partial charge in [0.25, 0.3) is 0 Å². The maximum Gasteiger partial charge on any atom is 0.637 e. The molecule has 0 N–H and O–H groups in total. The first-order valence-electron chi connectivity index (χ1n) is 7.76. The lowest BCUT2D eigenvalue weighted by Gasteiger charge is -2.22. The van der Waals surface area contributed by atoms with Crippen LogP contribution in [0.25, 0.3) is 0 Å². The molecule has 0 fully saturated rings. The lowest BCUT2D eigenvalue weighted by molar-refractivity contribution is 0.420. The van der Waals surface area contributed by atoms with Crippen LogP contribution < -0.4 is 8.85 Å². The van der Waals surface area contributed by atoms with Gasteiger partial charge in [0.15, 0.2) is 0 Å². The molecule has 0 spiro atoms. The molecule has 0 heterocycles. The molecule has 0 unspecified atom stereocenters. The summed E-state index contributed by atoms with van der Waals surface area (Å²) < 4.78 is 12.4. The summed E-state index contributed by atoms with van der Waals surface area (Å²) >= 11 is 0. The molecule has 0 aliphatic heterocycles. The SMILES string of the molecule is CCC#C[Si](C#CCC)(Oc1ccccc1)Oc1ccccc1. The summed E-state index contributed by atoms with van der Waals surface area (Å²) in [6.07, 6.45) is 1.47. The van der Waals surface area contributed by atoms with Gasteiger partial charge in [-0.15, -0.1) is 11.8 Å². The van der Waals surface area contributed by atoms with Crippen molar-refractivity contribution in [3.63, 3.8) is 0 Å². The zero-order valence-electron chi connectivity index (χ0n) is 13.5. The molecule has 0 bridgehead atoms. The van der Waals surface area contributed by atoms with Crippen molar-refractivity contribution >= 4 is 8.56 Å². The lowest BCUT2D eigenvalue weighted by Crippen LogP contribution is -2.47. The van der Waals surface area contributed by atoms with Crippen molar-refractivity contribution in [1.82, 2.24) is 0 Å². The van der Waals surface area contributed by atoms with Crippen LogP contribution in [0.4, 0.5) is 0 Å². The van der Waals surface area contributed by atoms with Crippen LogP contribution in [0.2, 0.25) is 0 Å². The van der Waals surface area contributed by atoms with Crippen molar-refractivity contribution in [2.45, 2.75) is 26.7 Å². The summed E-state index contributed by atoms with van der Waals surface area (Å²) in [5, 5.41) is 0. The molecule has 0 aliphatic rings. The Morgan fingerprint density at radius 1 is 0.696 bits per heavy atom. The van der Waals surface area contributed by atoms with E-state index < -0.39 is 8.56 Å². The van der Waals surface area contributed by atoms with Crippen LogP contribution >= 0.6 is 0 Å². The molecule has 0 amide bonds. The van der Waals surface area contributed by atoms with Crippen LogP contribution in [-0.4, -0.2) is 8.56 Å². The van der Waals surface area contributed by atoms with Crippen LogP contribution in [0.3, 0.4) is 0 Å². The third-order valence-electron chi connectivity index (χ3n) is 2.87. The lowest BCUT2D eigenvalue weighted by atomic mass is 10.3. The minimum absolute atomic E-state index is 0.728. The Balaban J connectivity index is 2.41. The molecule has 0 atom stereocenters. The van der Waals surface area contributed by atoms with Gasteiger partial charge in [-0.3, -0.25) is 0 Å². The highest BCUT2D eigenvalue weighted by atomic mass is 28.4. The van der Waals surface area contributed by atoms with Crippen LogP contribution in [0.1, 0.15) is 26.7 Å². The van der Waals surface area contributed by atoms with Gasteiger partial charge < -0.3 is 8.85 Å². The Morgan fingerprint density at radius 3 is 1.43 bits per heavy atom. The van der Waals surface area contributed by atoms with Gasteiger partial charge in [0.1, 0.15) is 11.5 Å². The third-order valence-corrected chi connectivity index (χ3v) is 4.93. The largest absolute Gasteiger partial charge is 0.637 e. The highest BCUT2D eigenvalue weighted by Gasteiger charge is 2.40. The van der Waals surface area contributed by atoms with E-state index in [1.165, 1.54) is 0 Å². The summed E-state index contributed by atoms with van der Waals surface area (Å²) in [6, 6.07) is 19.2. The Hall–Kier alpha value is -2.62. The molecule has 0 aliphatic carbocycles. The van der Waals surface area contributed by atoms with Gasteiger partial charge in [-0.1, -0.05) is 50.2 Å². The highest BCUT2D eigenvalue weighted by molar-refractivity contribution is 6.84. The standard InChI is InChI=1S/C20H20O2Si/c1-3-5-17-23(18-6-4-2,21-19-13-9-7-10-14-19)22-20-15-11-8-12-16-20/h7-16H,3-4H2,1-2H3. The number of rotatable bonds is 4. The summed E-state index contributed by atoms with van der Waals surface area (Å²) in [6.45, 7) is 4.01. The predicted molar refractivity (Wildman–Crippen MR) is 96.0 cm³/mol. The molecular formula is C20H20O2Si. The van der Waals surface area contributed by atoms with Gasteiger partial charge >= 0.3 is 8.56 Å². The minimum Gasteiger partial charge on any atom is -0.495 e. The van der Waals surface area contributed by atoms with Gasteiger partial charge in [-0.2, -0.15) is 0 Å². The fourth-order valence-electron chi connectivity index (χ4n) is 1.87. The average Bonchev–Trinajstić information content (AvgIpc) is 2.60. The van der Waals surface area contributed by atoms with E-state index in [4.69, 9.17) is 8.85 Å². The molecule has 0 aromatic heterocycles. The van der Waals surface area contributed by atoms with E-state index >= 15 is 0 Å². The van der Waals surface area contributed by atoms with E-state index in [1.807, 2.05) is 74.5 Å². The molecule has 2 aromatic carbocycles. The van der Waals surface area contributed by atoms with Gasteiger partial charge in [0.05, 0.1) is 0 Å². The van der Waals surface area contributed by atoms with Crippen molar-refractivity contribution in [3.8, 4) is 34.4 Å². The average molecular weight is 320 g/mol.